The summed E-state index contributed by atoms with van der Waals surface area (Å²) in [6, 6.07) is 6.52. The van der Waals surface area contributed by atoms with Crippen molar-refractivity contribution in [2.24, 2.45) is 0 Å². The van der Waals surface area contributed by atoms with E-state index in [1.807, 2.05) is 6.07 Å². The van der Waals surface area contributed by atoms with Gasteiger partial charge in [-0.25, -0.2) is 14.4 Å². The van der Waals surface area contributed by atoms with Crippen LogP contribution in [0.5, 0.6) is 0 Å². The summed E-state index contributed by atoms with van der Waals surface area (Å²) in [5.74, 6) is 0.355. The van der Waals surface area contributed by atoms with E-state index in [4.69, 9.17) is 0 Å². The normalized spacial score (nSPS) is 10.6. The molecule has 0 saturated heterocycles. The molecule has 2 heterocycles. The molecule has 0 amide bonds. The van der Waals surface area contributed by atoms with Gasteiger partial charge in [-0.1, -0.05) is 0 Å². The summed E-state index contributed by atoms with van der Waals surface area (Å²) in [5.41, 5.74) is 1.49. The first-order valence-corrected chi connectivity index (χ1v) is 6.30. The van der Waals surface area contributed by atoms with Crippen LogP contribution in [0.4, 0.5) is 15.9 Å². The molecule has 0 aliphatic carbocycles. The minimum Gasteiger partial charge on any atom is -0.340 e. The number of rotatable bonds is 2. The molecule has 4 nitrogen and oxygen atoms in total. The van der Waals surface area contributed by atoms with Gasteiger partial charge in [0.1, 0.15) is 18.0 Å². The highest BCUT2D eigenvalue weighted by atomic mass is 79.9. The van der Waals surface area contributed by atoms with Crippen molar-refractivity contribution in [3.05, 3.63) is 53.3 Å². The fourth-order valence-corrected chi connectivity index (χ4v) is 2.10. The van der Waals surface area contributed by atoms with Crippen LogP contribution in [-0.2, 0) is 0 Å². The fraction of sp³-hybridized carbons (Fsp3) is 0. The third-order valence-corrected chi connectivity index (χ3v) is 3.23. The number of hydrogen-bond donors (Lipinski definition) is 1. The molecule has 0 spiro atoms. The molecule has 0 bridgehead atoms. The minimum absolute atomic E-state index is 0.303. The highest BCUT2D eigenvalue weighted by Crippen LogP contribution is 2.25. The van der Waals surface area contributed by atoms with Crippen molar-refractivity contribution < 1.29 is 4.39 Å². The van der Waals surface area contributed by atoms with Crippen LogP contribution >= 0.6 is 15.9 Å². The minimum atomic E-state index is -0.303. The Kier molecular flexibility index (Phi) is 3.08. The number of pyridine rings is 1. The number of hydrogen-bond acceptors (Lipinski definition) is 4. The summed E-state index contributed by atoms with van der Waals surface area (Å²) in [7, 11) is 0. The average molecular weight is 319 g/mol. The smallest absolute Gasteiger partial charge is 0.141 e. The summed E-state index contributed by atoms with van der Waals surface area (Å²) < 4.78 is 13.6. The Bertz CT molecular complexity index is 742. The average Bonchev–Trinajstić information content (AvgIpc) is 2.43. The molecule has 0 saturated carbocycles. The number of halogens is 2. The Morgan fingerprint density at radius 3 is 2.89 bits per heavy atom. The van der Waals surface area contributed by atoms with Gasteiger partial charge in [0, 0.05) is 17.3 Å². The number of nitrogens with zero attached hydrogens (tertiary/aromatic N) is 3. The number of anilines is 2. The van der Waals surface area contributed by atoms with E-state index in [0.717, 1.165) is 16.6 Å². The van der Waals surface area contributed by atoms with E-state index in [0.29, 0.717) is 10.3 Å². The molecule has 0 fully saturated rings. The van der Waals surface area contributed by atoms with Crippen molar-refractivity contribution in [1.29, 1.82) is 0 Å². The molecule has 2 aromatic heterocycles. The second-order valence-corrected chi connectivity index (χ2v) is 4.72. The van der Waals surface area contributed by atoms with Crippen LogP contribution in [-0.4, -0.2) is 15.0 Å². The van der Waals surface area contributed by atoms with E-state index in [1.165, 1.54) is 12.4 Å². The molecule has 1 aromatic carbocycles. The highest BCUT2D eigenvalue weighted by molar-refractivity contribution is 9.10. The summed E-state index contributed by atoms with van der Waals surface area (Å²) in [4.78, 5) is 12.3. The van der Waals surface area contributed by atoms with Gasteiger partial charge < -0.3 is 5.32 Å². The van der Waals surface area contributed by atoms with Crippen molar-refractivity contribution in [2.75, 3.05) is 5.32 Å². The Labute approximate surface area is 116 Å². The molecular formula is C13H8BrFN4. The molecule has 0 unspecified atom stereocenters. The van der Waals surface area contributed by atoms with Gasteiger partial charge in [-0.3, -0.25) is 4.98 Å². The van der Waals surface area contributed by atoms with E-state index >= 15 is 0 Å². The van der Waals surface area contributed by atoms with Crippen molar-refractivity contribution >= 4 is 38.3 Å². The van der Waals surface area contributed by atoms with Gasteiger partial charge in [-0.05, 0) is 40.2 Å². The van der Waals surface area contributed by atoms with Crippen molar-refractivity contribution in [3.8, 4) is 0 Å². The van der Waals surface area contributed by atoms with Crippen LogP contribution in [0.2, 0.25) is 0 Å². The lowest BCUT2D eigenvalue weighted by Crippen LogP contribution is -1.96. The molecule has 94 valence electrons. The largest absolute Gasteiger partial charge is 0.340 e. The second-order valence-electron chi connectivity index (χ2n) is 3.87. The number of benzene rings is 1. The number of aromatic nitrogens is 3. The van der Waals surface area contributed by atoms with Gasteiger partial charge >= 0.3 is 0 Å². The van der Waals surface area contributed by atoms with E-state index in [2.05, 4.69) is 36.2 Å². The van der Waals surface area contributed by atoms with Gasteiger partial charge in [0.05, 0.1) is 16.2 Å². The maximum absolute atomic E-state index is 13.2. The predicted octanol–water partition coefficient (Wildman–Crippen LogP) is 3.67. The van der Waals surface area contributed by atoms with Gasteiger partial charge in [0.25, 0.3) is 0 Å². The van der Waals surface area contributed by atoms with Crippen LogP contribution in [0.3, 0.4) is 0 Å². The lowest BCUT2D eigenvalue weighted by atomic mass is 10.2. The van der Waals surface area contributed by atoms with Crippen LogP contribution in [0, 0.1) is 5.82 Å². The molecule has 0 aliphatic rings. The van der Waals surface area contributed by atoms with E-state index in [-0.39, 0.29) is 5.82 Å². The summed E-state index contributed by atoms with van der Waals surface area (Å²) in [5, 5.41) is 4.00. The monoisotopic (exact) mass is 318 g/mol. The van der Waals surface area contributed by atoms with E-state index in [9.17, 15) is 4.39 Å². The van der Waals surface area contributed by atoms with Crippen LogP contribution in [0.25, 0.3) is 10.9 Å². The van der Waals surface area contributed by atoms with Crippen molar-refractivity contribution in [2.45, 2.75) is 0 Å². The molecular weight excluding hydrogens is 311 g/mol. The van der Waals surface area contributed by atoms with E-state index < -0.39 is 0 Å². The highest BCUT2D eigenvalue weighted by Gasteiger charge is 2.05. The third kappa shape index (κ3) is 2.39. The van der Waals surface area contributed by atoms with E-state index in [1.54, 1.807) is 24.5 Å². The second kappa shape index (κ2) is 4.89. The van der Waals surface area contributed by atoms with Crippen molar-refractivity contribution in [1.82, 2.24) is 15.0 Å². The van der Waals surface area contributed by atoms with Crippen LogP contribution in [0.15, 0.2) is 47.5 Å². The van der Waals surface area contributed by atoms with Crippen LogP contribution < -0.4 is 5.32 Å². The summed E-state index contributed by atoms with van der Waals surface area (Å²) in [6.45, 7) is 0. The summed E-state index contributed by atoms with van der Waals surface area (Å²) >= 11 is 3.15. The molecule has 0 atom stereocenters. The lowest BCUT2D eigenvalue weighted by molar-refractivity contribution is 0.621. The number of nitrogens with one attached hydrogen (secondary N) is 1. The summed E-state index contributed by atoms with van der Waals surface area (Å²) in [6.07, 6.45) is 4.81. The van der Waals surface area contributed by atoms with Gasteiger partial charge in [0.15, 0.2) is 0 Å². The molecule has 19 heavy (non-hydrogen) atoms. The standard InChI is InChI=1S/C13H8BrFN4/c14-10-5-8(1-2-11(10)15)19-13-9-3-4-16-6-12(9)17-7-18-13/h1-7H,(H,17,18,19). The lowest BCUT2D eigenvalue weighted by Gasteiger charge is -2.08. The Balaban J connectivity index is 2.03. The molecule has 1 N–H and O–H groups in total. The SMILES string of the molecule is Fc1ccc(Nc2ncnc3cnccc23)cc1Br. The maximum atomic E-state index is 13.2. The molecule has 0 radical (unpaired) electrons. The number of fused-ring (bicyclic) bond motifs is 1. The molecule has 3 rings (SSSR count). The zero-order valence-corrected chi connectivity index (χ0v) is 11.2. The third-order valence-electron chi connectivity index (χ3n) is 2.62. The van der Waals surface area contributed by atoms with Crippen molar-refractivity contribution in [3.63, 3.8) is 0 Å². The zero-order valence-electron chi connectivity index (χ0n) is 9.64. The first-order chi connectivity index (χ1) is 9.24. The van der Waals surface area contributed by atoms with Gasteiger partial charge in [-0.2, -0.15) is 0 Å². The van der Waals surface area contributed by atoms with Gasteiger partial charge in [0.2, 0.25) is 0 Å². The Morgan fingerprint density at radius 2 is 2.05 bits per heavy atom. The van der Waals surface area contributed by atoms with Gasteiger partial charge in [-0.15, -0.1) is 0 Å². The van der Waals surface area contributed by atoms with Crippen LogP contribution in [0.1, 0.15) is 0 Å². The molecule has 0 aliphatic heterocycles. The molecule has 3 aromatic rings. The zero-order chi connectivity index (χ0) is 13.2. The molecule has 6 heteroatoms. The quantitative estimate of drug-likeness (QED) is 0.783. The maximum Gasteiger partial charge on any atom is 0.141 e. The topological polar surface area (TPSA) is 50.7 Å². The fourth-order valence-electron chi connectivity index (χ4n) is 1.72. The first-order valence-electron chi connectivity index (χ1n) is 5.51. The Morgan fingerprint density at radius 1 is 1.16 bits per heavy atom. The Hall–Kier alpha value is -2.08. The predicted molar refractivity (Wildman–Crippen MR) is 74.7 cm³/mol. The first kappa shape index (κ1) is 12.0.